The van der Waals surface area contributed by atoms with Crippen LogP contribution in [0.5, 0.6) is 5.75 Å². The normalized spacial score (nSPS) is 11.5. The number of sulfone groups is 1. The van der Waals surface area contributed by atoms with Crippen LogP contribution in [0.4, 0.5) is 8.78 Å². The van der Waals surface area contributed by atoms with E-state index in [2.05, 4.69) is 0 Å². The van der Waals surface area contributed by atoms with Crippen LogP contribution in [0.25, 0.3) is 0 Å². The summed E-state index contributed by atoms with van der Waals surface area (Å²) in [4.78, 5) is -0.916. The van der Waals surface area contributed by atoms with E-state index in [0.717, 1.165) is 31.2 Å². The monoisotopic (exact) mass is 264 g/mol. The second-order valence-electron chi connectivity index (χ2n) is 3.69. The Morgan fingerprint density at radius 1 is 1.24 bits per heavy atom. The molecule has 0 amide bonds. The minimum atomic E-state index is -3.91. The van der Waals surface area contributed by atoms with Crippen LogP contribution >= 0.6 is 0 Å². The van der Waals surface area contributed by atoms with Crippen LogP contribution in [-0.2, 0) is 9.84 Å². The lowest BCUT2D eigenvalue weighted by Crippen LogP contribution is -2.06. The molecule has 0 heterocycles. The van der Waals surface area contributed by atoms with E-state index in [4.69, 9.17) is 4.74 Å². The van der Waals surface area contributed by atoms with Crippen molar-refractivity contribution >= 4 is 9.84 Å². The van der Waals surface area contributed by atoms with Gasteiger partial charge in [-0.05, 0) is 6.42 Å². The van der Waals surface area contributed by atoms with Crippen LogP contribution in [0.1, 0.15) is 19.8 Å². The van der Waals surface area contributed by atoms with Gasteiger partial charge in [-0.2, -0.15) is 0 Å². The van der Waals surface area contributed by atoms with Crippen molar-refractivity contribution in [3.63, 3.8) is 0 Å². The summed E-state index contributed by atoms with van der Waals surface area (Å²) in [7, 11) is -3.91. The van der Waals surface area contributed by atoms with E-state index in [1.54, 1.807) is 0 Å². The lowest BCUT2D eigenvalue weighted by atomic mass is 10.3. The fourth-order valence-corrected chi connectivity index (χ4v) is 2.13. The van der Waals surface area contributed by atoms with Gasteiger partial charge in [0, 0.05) is 18.4 Å². The Labute approximate surface area is 99.3 Å². The van der Waals surface area contributed by atoms with Gasteiger partial charge < -0.3 is 4.74 Å². The van der Waals surface area contributed by atoms with Gasteiger partial charge in [0.2, 0.25) is 0 Å². The molecule has 0 bridgehead atoms. The van der Waals surface area contributed by atoms with Gasteiger partial charge >= 0.3 is 0 Å². The largest absolute Gasteiger partial charge is 0.493 e. The Morgan fingerprint density at radius 2 is 1.76 bits per heavy atom. The Hall–Kier alpha value is -1.17. The van der Waals surface area contributed by atoms with Crippen LogP contribution in [0.15, 0.2) is 17.0 Å². The zero-order chi connectivity index (χ0) is 13.1. The first-order valence-electron chi connectivity index (χ1n) is 5.18. The van der Waals surface area contributed by atoms with Gasteiger partial charge in [0.15, 0.2) is 9.84 Å². The molecule has 6 heteroatoms. The van der Waals surface area contributed by atoms with E-state index in [1.165, 1.54) is 0 Å². The third-order valence-corrected chi connectivity index (χ3v) is 3.24. The minimum Gasteiger partial charge on any atom is -0.493 e. The van der Waals surface area contributed by atoms with E-state index in [0.29, 0.717) is 6.61 Å². The maximum atomic E-state index is 13.4. The molecule has 3 nitrogen and oxygen atoms in total. The molecule has 1 aromatic rings. The van der Waals surface area contributed by atoms with Gasteiger partial charge in [-0.1, -0.05) is 13.3 Å². The highest BCUT2D eigenvalue weighted by Crippen LogP contribution is 2.24. The van der Waals surface area contributed by atoms with Crippen molar-refractivity contribution in [2.45, 2.75) is 24.7 Å². The fourth-order valence-electron chi connectivity index (χ4n) is 1.31. The van der Waals surface area contributed by atoms with E-state index in [9.17, 15) is 17.2 Å². The molecule has 1 rings (SSSR count). The molecule has 0 spiro atoms. The summed E-state index contributed by atoms with van der Waals surface area (Å²) in [6.45, 7) is 2.30. The lowest BCUT2D eigenvalue weighted by molar-refractivity contribution is 0.305. The molecule has 0 saturated carbocycles. The van der Waals surface area contributed by atoms with E-state index >= 15 is 0 Å². The van der Waals surface area contributed by atoms with Crippen LogP contribution in [0, 0.1) is 11.6 Å². The highest BCUT2D eigenvalue weighted by atomic mass is 32.2. The highest BCUT2D eigenvalue weighted by Gasteiger charge is 2.20. The Morgan fingerprint density at radius 3 is 2.18 bits per heavy atom. The molecule has 17 heavy (non-hydrogen) atoms. The number of benzene rings is 1. The Bertz CT molecular complexity index is 474. The van der Waals surface area contributed by atoms with Gasteiger partial charge in [0.05, 0.1) is 6.61 Å². The molecule has 0 saturated heterocycles. The number of hydrogen-bond acceptors (Lipinski definition) is 3. The maximum Gasteiger partial charge on any atom is 0.181 e. The summed E-state index contributed by atoms with van der Waals surface area (Å²) >= 11 is 0. The lowest BCUT2D eigenvalue weighted by Gasteiger charge is -2.08. The third kappa shape index (κ3) is 3.66. The van der Waals surface area contributed by atoms with E-state index in [1.807, 2.05) is 6.92 Å². The predicted molar refractivity (Wildman–Crippen MR) is 59.9 cm³/mol. The zero-order valence-corrected chi connectivity index (χ0v) is 10.5. The quantitative estimate of drug-likeness (QED) is 0.768. The third-order valence-electron chi connectivity index (χ3n) is 2.11. The van der Waals surface area contributed by atoms with Crippen molar-refractivity contribution in [2.75, 3.05) is 12.9 Å². The fraction of sp³-hybridized carbons (Fsp3) is 0.455. The van der Waals surface area contributed by atoms with Crippen molar-refractivity contribution in [2.24, 2.45) is 0 Å². The van der Waals surface area contributed by atoms with Crippen molar-refractivity contribution in [3.05, 3.63) is 23.8 Å². The van der Waals surface area contributed by atoms with Gasteiger partial charge in [0.25, 0.3) is 0 Å². The predicted octanol–water partition coefficient (Wildman–Crippen LogP) is 2.55. The average Bonchev–Trinajstić information content (AvgIpc) is 2.14. The molecule has 0 radical (unpaired) electrons. The molecular formula is C11H14F2O3S. The second kappa shape index (κ2) is 5.44. The zero-order valence-electron chi connectivity index (χ0n) is 9.66. The average molecular weight is 264 g/mol. The Balaban J connectivity index is 3.02. The molecule has 0 atom stereocenters. The molecule has 96 valence electrons. The van der Waals surface area contributed by atoms with Gasteiger partial charge in [-0.3, -0.25) is 0 Å². The molecule has 0 N–H and O–H groups in total. The molecule has 0 unspecified atom stereocenters. The summed E-state index contributed by atoms with van der Waals surface area (Å²) in [5, 5.41) is 0. The molecule has 1 aromatic carbocycles. The van der Waals surface area contributed by atoms with Crippen molar-refractivity contribution < 1.29 is 21.9 Å². The van der Waals surface area contributed by atoms with E-state index in [-0.39, 0.29) is 5.75 Å². The molecule has 0 aliphatic carbocycles. The first-order valence-corrected chi connectivity index (χ1v) is 7.07. The Kier molecular flexibility index (Phi) is 4.45. The smallest absolute Gasteiger partial charge is 0.181 e. The number of rotatable bonds is 5. The van der Waals surface area contributed by atoms with E-state index < -0.39 is 26.4 Å². The molecule has 0 aliphatic rings. The van der Waals surface area contributed by atoms with Gasteiger partial charge in [-0.25, -0.2) is 17.2 Å². The standard InChI is InChI=1S/C11H14F2O3S/c1-3-4-5-16-8-6-9(12)11(10(13)7-8)17(2,14)15/h6-7H,3-5H2,1-2H3. The topological polar surface area (TPSA) is 43.4 Å². The summed E-state index contributed by atoms with van der Waals surface area (Å²) in [5.41, 5.74) is 0. The highest BCUT2D eigenvalue weighted by molar-refractivity contribution is 7.90. The number of ether oxygens (including phenoxy) is 1. The van der Waals surface area contributed by atoms with Crippen molar-refractivity contribution in [1.29, 1.82) is 0 Å². The van der Waals surface area contributed by atoms with Gasteiger partial charge in [-0.15, -0.1) is 0 Å². The summed E-state index contributed by atoms with van der Waals surface area (Å²) in [5.74, 6) is -2.25. The first kappa shape index (κ1) is 13.9. The van der Waals surface area contributed by atoms with Crippen LogP contribution < -0.4 is 4.74 Å². The molecule has 0 fully saturated rings. The number of halogens is 2. The SMILES string of the molecule is CCCCOc1cc(F)c(S(C)(=O)=O)c(F)c1. The first-order chi connectivity index (χ1) is 7.86. The van der Waals surface area contributed by atoms with Crippen molar-refractivity contribution in [1.82, 2.24) is 0 Å². The molecule has 0 aromatic heterocycles. The maximum absolute atomic E-state index is 13.4. The van der Waals surface area contributed by atoms with Gasteiger partial charge in [0.1, 0.15) is 22.3 Å². The number of unbranched alkanes of at least 4 members (excludes halogenated alkanes) is 1. The number of hydrogen-bond donors (Lipinski definition) is 0. The van der Waals surface area contributed by atoms with Crippen LogP contribution in [0.3, 0.4) is 0 Å². The molecule has 0 aliphatic heterocycles. The second-order valence-corrected chi connectivity index (χ2v) is 5.64. The van der Waals surface area contributed by atoms with Crippen LogP contribution in [0.2, 0.25) is 0 Å². The summed E-state index contributed by atoms with van der Waals surface area (Å²) < 4.78 is 54.2. The minimum absolute atomic E-state index is 0.000787. The summed E-state index contributed by atoms with van der Waals surface area (Å²) in [6, 6.07) is 1.77. The summed E-state index contributed by atoms with van der Waals surface area (Å²) in [6.07, 6.45) is 2.41. The van der Waals surface area contributed by atoms with Crippen molar-refractivity contribution in [3.8, 4) is 5.75 Å². The van der Waals surface area contributed by atoms with Crippen LogP contribution in [-0.4, -0.2) is 21.3 Å². The molecular weight excluding hydrogens is 250 g/mol.